The molecule has 0 unspecified atom stereocenters. The second kappa shape index (κ2) is 9.33. The van der Waals surface area contributed by atoms with Gasteiger partial charge in [-0.2, -0.15) is 0 Å². The lowest BCUT2D eigenvalue weighted by Crippen LogP contribution is -2.44. The average Bonchev–Trinajstić information content (AvgIpc) is 3.24. The predicted molar refractivity (Wildman–Crippen MR) is 112 cm³/mol. The molecule has 2 aromatic carbocycles. The van der Waals surface area contributed by atoms with Crippen LogP contribution in [0.2, 0.25) is 0 Å². The highest BCUT2D eigenvalue weighted by Crippen LogP contribution is 2.27. The van der Waals surface area contributed by atoms with Crippen LogP contribution in [-0.4, -0.2) is 49.1 Å². The predicted octanol–water partition coefficient (Wildman–Crippen LogP) is 4.84. The monoisotopic (exact) mass is 400 g/mol. The Balaban J connectivity index is 1.41. The first-order valence-electron chi connectivity index (χ1n) is 10.7. The Labute approximate surface area is 172 Å². The van der Waals surface area contributed by atoms with Crippen molar-refractivity contribution in [3.8, 4) is 11.1 Å². The van der Waals surface area contributed by atoms with Crippen LogP contribution in [0.4, 0.5) is 8.78 Å². The van der Waals surface area contributed by atoms with Crippen LogP contribution in [0.5, 0.6) is 0 Å². The van der Waals surface area contributed by atoms with Gasteiger partial charge in [-0.3, -0.25) is 4.90 Å². The average molecular weight is 401 g/mol. The molecule has 0 aromatic heterocycles. The van der Waals surface area contributed by atoms with Gasteiger partial charge in [-0.05, 0) is 48.7 Å². The Kier molecular flexibility index (Phi) is 6.58. The zero-order valence-corrected chi connectivity index (χ0v) is 17.2. The van der Waals surface area contributed by atoms with Crippen LogP contribution < -0.4 is 0 Å². The molecule has 0 amide bonds. The number of nitrogens with zero attached hydrogens (tertiary/aromatic N) is 2. The molecule has 2 fully saturated rings. The minimum atomic E-state index is -0.465. The van der Waals surface area contributed by atoms with Crippen molar-refractivity contribution in [1.82, 2.24) is 9.80 Å². The van der Waals surface area contributed by atoms with E-state index in [-0.39, 0.29) is 5.56 Å². The van der Waals surface area contributed by atoms with Gasteiger partial charge in [0.25, 0.3) is 0 Å². The molecule has 156 valence electrons. The quantitative estimate of drug-likeness (QED) is 0.690. The van der Waals surface area contributed by atoms with Crippen LogP contribution in [0.15, 0.2) is 36.4 Å². The van der Waals surface area contributed by atoms with E-state index in [2.05, 4.69) is 16.8 Å². The van der Waals surface area contributed by atoms with Gasteiger partial charge in [-0.15, -0.1) is 0 Å². The molecule has 29 heavy (non-hydrogen) atoms. The Hall–Kier alpha value is -1.82. The first kappa shape index (κ1) is 20.5. The Morgan fingerprint density at radius 3 is 2.14 bits per heavy atom. The van der Waals surface area contributed by atoms with Gasteiger partial charge in [0.2, 0.25) is 0 Å². The number of likely N-dealkylation sites (N-methyl/N-ethyl adjacent to an activating group) is 1. The van der Waals surface area contributed by atoms with E-state index in [0.29, 0.717) is 24.8 Å². The largest absolute Gasteiger partial charge is 0.374 e. The summed E-state index contributed by atoms with van der Waals surface area (Å²) in [5.74, 6) is -0.930. The maximum absolute atomic E-state index is 14.7. The summed E-state index contributed by atoms with van der Waals surface area (Å²) in [6, 6.07) is 10.7. The molecular weight excluding hydrogens is 370 g/mol. The number of benzene rings is 2. The third kappa shape index (κ3) is 5.21. The van der Waals surface area contributed by atoms with Crippen LogP contribution in [0.25, 0.3) is 11.1 Å². The molecule has 1 aliphatic carbocycles. The lowest BCUT2D eigenvalue weighted by atomic mass is 10.0. The van der Waals surface area contributed by atoms with E-state index in [1.807, 2.05) is 24.3 Å². The van der Waals surface area contributed by atoms with Crippen molar-refractivity contribution in [2.75, 3.05) is 33.2 Å². The summed E-state index contributed by atoms with van der Waals surface area (Å²) in [7, 11) is 2.07. The van der Waals surface area contributed by atoms with Gasteiger partial charge < -0.3 is 9.64 Å². The summed E-state index contributed by atoms with van der Waals surface area (Å²) in [6.07, 6.45) is 5.19. The second-order valence-electron chi connectivity index (χ2n) is 8.41. The van der Waals surface area contributed by atoms with E-state index in [1.54, 1.807) is 0 Å². The molecule has 1 saturated carbocycles. The molecule has 0 spiro atoms. The molecule has 1 aliphatic heterocycles. The van der Waals surface area contributed by atoms with E-state index < -0.39 is 11.6 Å². The molecular formula is C24H30F2N2O. The highest BCUT2D eigenvalue weighted by molar-refractivity contribution is 5.64. The van der Waals surface area contributed by atoms with Gasteiger partial charge in [-0.25, -0.2) is 8.78 Å². The van der Waals surface area contributed by atoms with Gasteiger partial charge in [0.1, 0.15) is 11.6 Å². The van der Waals surface area contributed by atoms with E-state index >= 15 is 0 Å². The zero-order chi connectivity index (χ0) is 20.2. The lowest BCUT2D eigenvalue weighted by Gasteiger charge is -2.32. The van der Waals surface area contributed by atoms with Crippen molar-refractivity contribution in [3.63, 3.8) is 0 Å². The fraction of sp³-hybridized carbons (Fsp3) is 0.500. The van der Waals surface area contributed by atoms with Gasteiger partial charge in [-0.1, -0.05) is 37.1 Å². The number of ether oxygens (including phenoxy) is 1. The van der Waals surface area contributed by atoms with E-state index in [0.717, 1.165) is 50.1 Å². The third-order valence-corrected chi connectivity index (χ3v) is 6.19. The molecule has 0 radical (unpaired) electrons. The lowest BCUT2D eigenvalue weighted by molar-refractivity contribution is 0.0457. The highest BCUT2D eigenvalue weighted by Gasteiger charge is 2.19. The van der Waals surface area contributed by atoms with E-state index in [1.165, 1.54) is 25.0 Å². The van der Waals surface area contributed by atoms with Crippen LogP contribution >= 0.6 is 0 Å². The van der Waals surface area contributed by atoms with Crippen LogP contribution in [0, 0.1) is 11.6 Å². The summed E-state index contributed by atoms with van der Waals surface area (Å²) >= 11 is 0. The normalized spacial score (nSPS) is 19.1. The van der Waals surface area contributed by atoms with Crippen molar-refractivity contribution in [2.45, 2.75) is 44.9 Å². The number of halogens is 2. The molecule has 1 heterocycles. The zero-order valence-electron chi connectivity index (χ0n) is 17.2. The topological polar surface area (TPSA) is 15.7 Å². The molecule has 0 bridgehead atoms. The minimum absolute atomic E-state index is 0.167. The first-order valence-corrected chi connectivity index (χ1v) is 10.7. The summed E-state index contributed by atoms with van der Waals surface area (Å²) in [5, 5.41) is 0. The summed E-state index contributed by atoms with van der Waals surface area (Å²) in [6.45, 7) is 4.44. The van der Waals surface area contributed by atoms with Gasteiger partial charge in [0.15, 0.2) is 0 Å². The Bertz CT molecular complexity index is 787. The standard InChI is InChI=1S/C24H30F2N2O/c1-27-10-12-28(13-11-27)16-22-23(25)14-20(15-24(22)26)19-8-6-18(7-9-19)17-29-21-4-2-3-5-21/h6-9,14-15,21H,2-5,10-13,16-17H2,1H3. The van der Waals surface area contributed by atoms with Crippen molar-refractivity contribution in [2.24, 2.45) is 0 Å². The van der Waals surface area contributed by atoms with Crippen LogP contribution in [0.1, 0.15) is 36.8 Å². The van der Waals surface area contributed by atoms with E-state index in [9.17, 15) is 8.78 Å². The molecule has 2 aromatic rings. The Morgan fingerprint density at radius 2 is 1.52 bits per heavy atom. The smallest absolute Gasteiger partial charge is 0.131 e. The van der Waals surface area contributed by atoms with Crippen molar-refractivity contribution in [1.29, 1.82) is 0 Å². The summed E-state index contributed by atoms with van der Waals surface area (Å²) in [4.78, 5) is 4.34. The maximum Gasteiger partial charge on any atom is 0.131 e. The second-order valence-corrected chi connectivity index (χ2v) is 8.41. The molecule has 1 saturated heterocycles. The number of rotatable bonds is 6. The van der Waals surface area contributed by atoms with Crippen molar-refractivity contribution >= 4 is 0 Å². The van der Waals surface area contributed by atoms with Crippen LogP contribution in [-0.2, 0) is 17.9 Å². The molecule has 2 aliphatic rings. The highest BCUT2D eigenvalue weighted by atomic mass is 19.1. The SMILES string of the molecule is CN1CCN(Cc2c(F)cc(-c3ccc(COC4CCCC4)cc3)cc2F)CC1. The summed E-state index contributed by atoms with van der Waals surface area (Å²) < 4.78 is 35.3. The van der Waals surface area contributed by atoms with Gasteiger partial charge in [0, 0.05) is 38.3 Å². The Morgan fingerprint density at radius 1 is 0.897 bits per heavy atom. The molecule has 0 atom stereocenters. The fourth-order valence-corrected chi connectivity index (χ4v) is 4.21. The van der Waals surface area contributed by atoms with Gasteiger partial charge >= 0.3 is 0 Å². The van der Waals surface area contributed by atoms with Crippen molar-refractivity contribution < 1.29 is 13.5 Å². The molecule has 5 heteroatoms. The minimum Gasteiger partial charge on any atom is -0.374 e. The van der Waals surface area contributed by atoms with Crippen LogP contribution in [0.3, 0.4) is 0 Å². The molecule has 0 N–H and O–H groups in total. The number of hydrogen-bond acceptors (Lipinski definition) is 3. The van der Waals surface area contributed by atoms with Gasteiger partial charge in [0.05, 0.1) is 12.7 Å². The molecule has 4 rings (SSSR count). The fourth-order valence-electron chi connectivity index (χ4n) is 4.21. The van der Waals surface area contributed by atoms with E-state index in [4.69, 9.17) is 4.74 Å². The number of piperazine rings is 1. The maximum atomic E-state index is 14.7. The first-order chi connectivity index (χ1) is 14.1. The molecule has 3 nitrogen and oxygen atoms in total. The third-order valence-electron chi connectivity index (χ3n) is 6.19. The summed E-state index contributed by atoms with van der Waals surface area (Å²) in [5.41, 5.74) is 2.65. The number of hydrogen-bond donors (Lipinski definition) is 0. The van der Waals surface area contributed by atoms with Crippen molar-refractivity contribution in [3.05, 3.63) is 59.2 Å².